The van der Waals surface area contributed by atoms with Crippen LogP contribution in [0.4, 0.5) is 0 Å². The molecule has 0 bridgehead atoms. The average molecular weight is 222 g/mol. The Kier molecular flexibility index (Phi) is 3.16. The molecule has 2 N–H and O–H groups in total. The van der Waals surface area contributed by atoms with Crippen LogP contribution in [0.5, 0.6) is 0 Å². The molecule has 82 valence electrons. The number of hydrogen-bond acceptors (Lipinski definition) is 4. The van der Waals surface area contributed by atoms with Crippen molar-refractivity contribution in [1.29, 1.82) is 0 Å². The molecule has 5 nitrogen and oxygen atoms in total. The molecule has 0 aliphatic carbocycles. The van der Waals surface area contributed by atoms with E-state index in [9.17, 15) is 13.2 Å². The molecule has 0 aromatic carbocycles. The lowest BCUT2D eigenvalue weighted by molar-refractivity contribution is -0.149. The van der Waals surface area contributed by atoms with Crippen LogP contribution in [0.2, 0.25) is 0 Å². The molecule has 1 heterocycles. The van der Waals surface area contributed by atoms with Gasteiger partial charge in [-0.15, -0.1) is 0 Å². The van der Waals surface area contributed by atoms with Gasteiger partial charge in [-0.25, -0.2) is 8.42 Å². The second kappa shape index (κ2) is 3.86. The normalized spacial score (nSPS) is 31.2. The van der Waals surface area contributed by atoms with Gasteiger partial charge in [-0.1, -0.05) is 0 Å². The van der Waals surface area contributed by atoms with E-state index < -0.39 is 21.2 Å². The fourth-order valence-electron chi connectivity index (χ4n) is 1.88. The van der Waals surface area contributed by atoms with Crippen molar-refractivity contribution in [2.24, 2.45) is 5.41 Å². The summed E-state index contributed by atoms with van der Waals surface area (Å²) in [5, 5.41) is 17.7. The van der Waals surface area contributed by atoms with Crippen LogP contribution in [0.25, 0.3) is 0 Å². The second-order valence-corrected chi connectivity index (χ2v) is 5.94. The number of rotatable bonds is 3. The van der Waals surface area contributed by atoms with Crippen LogP contribution < -0.4 is 0 Å². The van der Waals surface area contributed by atoms with Crippen LogP contribution in [0.3, 0.4) is 0 Å². The molecule has 1 aliphatic rings. The minimum Gasteiger partial charge on any atom is -0.481 e. The van der Waals surface area contributed by atoms with Crippen molar-refractivity contribution in [2.45, 2.75) is 19.3 Å². The van der Waals surface area contributed by atoms with Gasteiger partial charge in [0.05, 0.1) is 16.9 Å². The van der Waals surface area contributed by atoms with E-state index in [-0.39, 0.29) is 24.5 Å². The predicted molar refractivity (Wildman–Crippen MR) is 49.7 cm³/mol. The lowest BCUT2D eigenvalue weighted by Crippen LogP contribution is -2.43. The van der Waals surface area contributed by atoms with Crippen molar-refractivity contribution in [3.8, 4) is 0 Å². The van der Waals surface area contributed by atoms with Gasteiger partial charge in [-0.3, -0.25) is 4.79 Å². The molecule has 1 atom stereocenters. The Hall–Kier alpha value is -0.620. The molecule has 0 spiro atoms. The summed E-state index contributed by atoms with van der Waals surface area (Å²) in [6, 6.07) is 0. The monoisotopic (exact) mass is 222 g/mol. The zero-order valence-electron chi connectivity index (χ0n) is 7.77. The third kappa shape index (κ3) is 2.24. The van der Waals surface area contributed by atoms with Gasteiger partial charge in [0.2, 0.25) is 0 Å². The quantitative estimate of drug-likeness (QED) is 0.681. The maximum absolute atomic E-state index is 11.3. The summed E-state index contributed by atoms with van der Waals surface area (Å²) in [7, 11) is -3.25. The summed E-state index contributed by atoms with van der Waals surface area (Å²) in [5.74, 6) is -1.39. The smallest absolute Gasteiger partial charge is 0.310 e. The number of carboxylic acids is 1. The number of hydrogen-bond donors (Lipinski definition) is 2. The second-order valence-electron chi connectivity index (χ2n) is 3.75. The van der Waals surface area contributed by atoms with E-state index in [0.29, 0.717) is 12.8 Å². The van der Waals surface area contributed by atoms with Crippen LogP contribution in [0.15, 0.2) is 0 Å². The van der Waals surface area contributed by atoms with Crippen molar-refractivity contribution >= 4 is 15.8 Å². The van der Waals surface area contributed by atoms with Crippen molar-refractivity contribution in [2.75, 3.05) is 18.1 Å². The topological polar surface area (TPSA) is 91.7 Å². The standard InChI is InChI=1S/C8H14O5S/c9-4-3-8(7(10)11)2-1-5-14(12,13)6-8/h9H,1-6H2,(H,10,11). The largest absolute Gasteiger partial charge is 0.481 e. The lowest BCUT2D eigenvalue weighted by atomic mass is 9.82. The van der Waals surface area contributed by atoms with Crippen LogP contribution in [-0.4, -0.2) is 42.7 Å². The van der Waals surface area contributed by atoms with Gasteiger partial charge in [-0.2, -0.15) is 0 Å². The SMILES string of the molecule is O=C(O)C1(CCO)CCCS(=O)(=O)C1. The highest BCUT2D eigenvalue weighted by Gasteiger charge is 2.44. The van der Waals surface area contributed by atoms with E-state index in [1.165, 1.54) is 0 Å². The molecule has 1 unspecified atom stereocenters. The number of carboxylic acid groups (broad SMARTS) is 1. The van der Waals surface area contributed by atoms with Crippen molar-refractivity contribution in [3.63, 3.8) is 0 Å². The van der Waals surface area contributed by atoms with E-state index in [2.05, 4.69) is 0 Å². The third-order valence-electron chi connectivity index (χ3n) is 2.65. The summed E-state index contributed by atoms with van der Waals surface area (Å²) in [6.45, 7) is -0.290. The minimum absolute atomic E-state index is 0.0154. The van der Waals surface area contributed by atoms with Crippen LogP contribution >= 0.6 is 0 Å². The highest BCUT2D eigenvalue weighted by atomic mass is 32.2. The van der Waals surface area contributed by atoms with Crippen molar-refractivity contribution < 1.29 is 23.4 Å². The maximum Gasteiger partial charge on any atom is 0.310 e. The Balaban J connectivity index is 2.93. The highest BCUT2D eigenvalue weighted by Crippen LogP contribution is 2.34. The first-order chi connectivity index (χ1) is 6.42. The summed E-state index contributed by atoms with van der Waals surface area (Å²) in [6.07, 6.45) is 0.721. The molecular formula is C8H14O5S. The number of aliphatic carboxylic acids is 1. The average Bonchev–Trinajstić information content (AvgIpc) is 2.02. The van der Waals surface area contributed by atoms with E-state index in [4.69, 9.17) is 10.2 Å². The van der Waals surface area contributed by atoms with Crippen LogP contribution in [-0.2, 0) is 14.6 Å². The van der Waals surface area contributed by atoms with E-state index in [1.54, 1.807) is 0 Å². The number of carbonyl (C=O) groups is 1. The highest BCUT2D eigenvalue weighted by molar-refractivity contribution is 7.91. The van der Waals surface area contributed by atoms with E-state index in [1.807, 2.05) is 0 Å². The molecule has 1 aliphatic heterocycles. The van der Waals surface area contributed by atoms with Gasteiger partial charge in [-0.05, 0) is 19.3 Å². The van der Waals surface area contributed by atoms with Gasteiger partial charge >= 0.3 is 5.97 Å². The first-order valence-corrected chi connectivity index (χ1v) is 6.29. The Morgan fingerprint density at radius 1 is 1.43 bits per heavy atom. The fraction of sp³-hybridized carbons (Fsp3) is 0.875. The van der Waals surface area contributed by atoms with Gasteiger partial charge in [0.15, 0.2) is 9.84 Å². The summed E-state index contributed by atoms with van der Waals surface area (Å²) < 4.78 is 22.6. The third-order valence-corrected chi connectivity index (χ3v) is 4.55. The van der Waals surface area contributed by atoms with E-state index >= 15 is 0 Å². The van der Waals surface area contributed by atoms with E-state index in [0.717, 1.165) is 0 Å². The predicted octanol–water partition coefficient (Wildman–Crippen LogP) is -0.352. The molecule has 0 saturated carbocycles. The summed E-state index contributed by atoms with van der Waals surface area (Å²) in [5.41, 5.74) is -1.26. The molecule has 6 heteroatoms. The van der Waals surface area contributed by atoms with Crippen LogP contribution in [0.1, 0.15) is 19.3 Å². The Morgan fingerprint density at radius 2 is 2.07 bits per heavy atom. The number of sulfone groups is 1. The van der Waals surface area contributed by atoms with Gasteiger partial charge in [0, 0.05) is 6.61 Å². The van der Waals surface area contributed by atoms with Crippen molar-refractivity contribution in [1.82, 2.24) is 0 Å². The first kappa shape index (κ1) is 11.5. The molecule has 1 rings (SSSR count). The Morgan fingerprint density at radius 3 is 2.50 bits per heavy atom. The fourth-order valence-corrected chi connectivity index (χ4v) is 3.87. The molecule has 1 fully saturated rings. The van der Waals surface area contributed by atoms with Crippen LogP contribution in [0, 0.1) is 5.41 Å². The first-order valence-electron chi connectivity index (χ1n) is 4.47. The molecule has 0 aromatic heterocycles. The zero-order chi connectivity index (χ0) is 10.8. The Bertz CT molecular complexity index is 317. The minimum atomic E-state index is -3.25. The molecule has 14 heavy (non-hydrogen) atoms. The number of aliphatic hydroxyl groups excluding tert-OH is 1. The van der Waals surface area contributed by atoms with Gasteiger partial charge in [0.25, 0.3) is 0 Å². The summed E-state index contributed by atoms with van der Waals surface area (Å²) in [4.78, 5) is 11.0. The lowest BCUT2D eigenvalue weighted by Gasteiger charge is -2.32. The van der Waals surface area contributed by atoms with Crippen molar-refractivity contribution in [3.05, 3.63) is 0 Å². The zero-order valence-corrected chi connectivity index (χ0v) is 8.59. The Labute approximate surface area is 82.7 Å². The summed E-state index contributed by atoms with van der Waals surface area (Å²) >= 11 is 0. The molecule has 1 saturated heterocycles. The molecule has 0 amide bonds. The maximum atomic E-state index is 11.3. The number of aliphatic hydroxyl groups is 1. The van der Waals surface area contributed by atoms with Gasteiger partial charge < -0.3 is 10.2 Å². The molecule has 0 aromatic rings. The molecule has 0 radical (unpaired) electrons. The van der Waals surface area contributed by atoms with Gasteiger partial charge in [0.1, 0.15) is 0 Å². The molecular weight excluding hydrogens is 208 g/mol.